The van der Waals surface area contributed by atoms with E-state index in [1.54, 1.807) is 19.3 Å². The maximum Gasteiger partial charge on any atom is 0.363 e. The molecule has 3 aromatic carbocycles. The molecule has 0 amide bonds. The molecule has 5 nitrogen and oxygen atoms in total. The Morgan fingerprint density at radius 3 is 2.30 bits per heavy atom. The van der Waals surface area contributed by atoms with Gasteiger partial charge in [0.15, 0.2) is 17.2 Å². The van der Waals surface area contributed by atoms with Gasteiger partial charge in [0, 0.05) is 5.56 Å². The van der Waals surface area contributed by atoms with Crippen LogP contribution in [0.2, 0.25) is 0 Å². The molecule has 1 heterocycles. The molecule has 0 saturated carbocycles. The van der Waals surface area contributed by atoms with Crippen LogP contribution in [0.25, 0.3) is 17.2 Å². The third-order valence-corrected chi connectivity index (χ3v) is 4.65. The van der Waals surface area contributed by atoms with E-state index >= 15 is 0 Å². The molecule has 3 aromatic rings. The van der Waals surface area contributed by atoms with Crippen LogP contribution in [0.5, 0.6) is 11.5 Å². The normalized spacial score (nSPS) is 14.4. The maximum atomic E-state index is 12.3. The van der Waals surface area contributed by atoms with Gasteiger partial charge in [0.1, 0.15) is 0 Å². The molecule has 0 N–H and O–H groups in total. The summed E-state index contributed by atoms with van der Waals surface area (Å²) in [7, 11) is 1.58. The quantitative estimate of drug-likeness (QED) is 0.427. The van der Waals surface area contributed by atoms with E-state index in [4.69, 9.17) is 14.2 Å². The number of rotatable bonds is 6. The number of hydrogen-bond acceptors (Lipinski definition) is 5. The van der Waals surface area contributed by atoms with E-state index in [0.29, 0.717) is 24.0 Å². The molecule has 0 fully saturated rings. The maximum absolute atomic E-state index is 12.3. The zero-order valence-electron chi connectivity index (χ0n) is 16.8. The highest BCUT2D eigenvalue weighted by Gasteiger charge is 2.24. The second kappa shape index (κ2) is 8.66. The summed E-state index contributed by atoms with van der Waals surface area (Å²) in [6.45, 7) is 2.45. The van der Waals surface area contributed by atoms with Crippen molar-refractivity contribution >= 4 is 17.9 Å². The third-order valence-electron chi connectivity index (χ3n) is 4.65. The molecule has 0 radical (unpaired) electrons. The van der Waals surface area contributed by atoms with E-state index in [9.17, 15) is 4.79 Å². The van der Waals surface area contributed by atoms with Crippen LogP contribution in [0, 0.1) is 0 Å². The molecule has 30 heavy (non-hydrogen) atoms. The van der Waals surface area contributed by atoms with Gasteiger partial charge in [0.25, 0.3) is 0 Å². The highest BCUT2D eigenvalue weighted by Crippen LogP contribution is 2.30. The first-order valence-electron chi connectivity index (χ1n) is 9.67. The molecular weight excluding hydrogens is 378 g/mol. The molecule has 0 aromatic heterocycles. The first-order valence-corrected chi connectivity index (χ1v) is 9.67. The zero-order valence-corrected chi connectivity index (χ0v) is 16.8. The van der Waals surface area contributed by atoms with Gasteiger partial charge in [-0.25, -0.2) is 9.79 Å². The van der Waals surface area contributed by atoms with Crippen LogP contribution < -0.4 is 9.47 Å². The number of esters is 1. The molecule has 1 aliphatic rings. The largest absolute Gasteiger partial charge is 0.493 e. The van der Waals surface area contributed by atoms with Gasteiger partial charge in [-0.2, -0.15) is 0 Å². The Hall–Kier alpha value is -3.86. The Balaban J connectivity index is 1.58. The van der Waals surface area contributed by atoms with Crippen molar-refractivity contribution in [3.63, 3.8) is 0 Å². The second-order valence-corrected chi connectivity index (χ2v) is 6.62. The number of aliphatic imine (C=N–C) groups is 1. The second-order valence-electron chi connectivity index (χ2n) is 6.62. The highest BCUT2D eigenvalue weighted by molar-refractivity contribution is 6.13. The minimum atomic E-state index is -0.481. The van der Waals surface area contributed by atoms with Gasteiger partial charge in [-0.05, 0) is 54.0 Å². The summed E-state index contributed by atoms with van der Waals surface area (Å²) in [6.07, 6.45) is 1.67. The highest BCUT2D eigenvalue weighted by atomic mass is 16.6. The summed E-state index contributed by atoms with van der Waals surface area (Å²) in [5, 5.41) is 0. The fourth-order valence-electron chi connectivity index (χ4n) is 3.18. The van der Waals surface area contributed by atoms with Crippen LogP contribution in [0.4, 0.5) is 0 Å². The van der Waals surface area contributed by atoms with Gasteiger partial charge >= 0.3 is 5.97 Å². The van der Waals surface area contributed by atoms with Crippen molar-refractivity contribution < 1.29 is 19.0 Å². The van der Waals surface area contributed by atoms with E-state index in [2.05, 4.69) is 4.99 Å². The van der Waals surface area contributed by atoms with Gasteiger partial charge in [-0.15, -0.1) is 0 Å². The minimum Gasteiger partial charge on any atom is -0.493 e. The monoisotopic (exact) mass is 399 g/mol. The van der Waals surface area contributed by atoms with E-state index in [1.165, 1.54) is 0 Å². The number of ether oxygens (including phenoxy) is 3. The summed E-state index contributed by atoms with van der Waals surface area (Å²) in [6, 6.07) is 23.3. The lowest BCUT2D eigenvalue weighted by molar-refractivity contribution is -0.129. The standard InChI is InChI=1S/C25H21NO4/c1-3-29-22-14-9-17(16-23(22)28-2)15-21-25(27)30-24(26-21)20-12-10-19(11-13-20)18-7-5-4-6-8-18/h4-16H,3H2,1-2H3/b21-15-. The van der Waals surface area contributed by atoms with Crippen molar-refractivity contribution in [2.45, 2.75) is 6.92 Å². The summed E-state index contributed by atoms with van der Waals surface area (Å²) < 4.78 is 16.3. The molecule has 1 aliphatic heterocycles. The molecule has 150 valence electrons. The van der Waals surface area contributed by atoms with Crippen LogP contribution in [0.3, 0.4) is 0 Å². The van der Waals surface area contributed by atoms with Crippen molar-refractivity contribution in [1.29, 1.82) is 0 Å². The van der Waals surface area contributed by atoms with Crippen molar-refractivity contribution in [2.24, 2.45) is 4.99 Å². The Bertz CT molecular complexity index is 1120. The Morgan fingerprint density at radius 1 is 0.900 bits per heavy atom. The van der Waals surface area contributed by atoms with Gasteiger partial charge in [-0.1, -0.05) is 48.5 Å². The SMILES string of the molecule is CCOc1ccc(/C=C2\N=C(c3ccc(-c4ccccc4)cc3)OC2=O)cc1OC. The fourth-order valence-corrected chi connectivity index (χ4v) is 3.18. The molecule has 0 atom stereocenters. The number of methoxy groups -OCH3 is 1. The van der Waals surface area contributed by atoms with Gasteiger partial charge < -0.3 is 14.2 Å². The first kappa shape index (κ1) is 19.5. The van der Waals surface area contributed by atoms with Crippen LogP contribution in [-0.2, 0) is 9.53 Å². The predicted octanol–water partition coefficient (Wildman–Crippen LogP) is 5.11. The first-order chi connectivity index (χ1) is 14.7. The number of hydrogen-bond donors (Lipinski definition) is 0. The van der Waals surface area contributed by atoms with Crippen LogP contribution in [-0.4, -0.2) is 25.6 Å². The molecule has 0 unspecified atom stereocenters. The van der Waals surface area contributed by atoms with Crippen molar-refractivity contribution in [3.05, 3.63) is 89.6 Å². The van der Waals surface area contributed by atoms with Crippen LogP contribution in [0.15, 0.2) is 83.5 Å². The molecule has 0 aliphatic carbocycles. The third kappa shape index (κ3) is 4.10. The van der Waals surface area contributed by atoms with Gasteiger partial charge in [0.2, 0.25) is 5.90 Å². The summed E-state index contributed by atoms with van der Waals surface area (Å²) in [5.41, 5.74) is 3.96. The molecule has 0 saturated heterocycles. The van der Waals surface area contributed by atoms with Gasteiger partial charge in [0.05, 0.1) is 13.7 Å². The molecule has 5 heteroatoms. The number of nitrogens with zero attached hydrogens (tertiary/aromatic N) is 1. The number of carbonyl (C=O) groups excluding carboxylic acids is 1. The van der Waals surface area contributed by atoms with E-state index in [-0.39, 0.29) is 5.70 Å². The van der Waals surface area contributed by atoms with Crippen molar-refractivity contribution in [2.75, 3.05) is 13.7 Å². The van der Waals surface area contributed by atoms with E-state index in [0.717, 1.165) is 22.3 Å². The number of carbonyl (C=O) groups is 1. The Kier molecular flexibility index (Phi) is 5.61. The summed E-state index contributed by atoms with van der Waals surface area (Å²) >= 11 is 0. The predicted molar refractivity (Wildman–Crippen MR) is 117 cm³/mol. The van der Waals surface area contributed by atoms with E-state index < -0.39 is 5.97 Å². The van der Waals surface area contributed by atoms with Crippen molar-refractivity contribution in [3.8, 4) is 22.6 Å². The lowest BCUT2D eigenvalue weighted by atomic mass is 10.0. The Labute approximate surface area is 175 Å². The van der Waals surface area contributed by atoms with Crippen LogP contribution in [0.1, 0.15) is 18.1 Å². The summed E-state index contributed by atoms with van der Waals surface area (Å²) in [5.74, 6) is 1.06. The summed E-state index contributed by atoms with van der Waals surface area (Å²) in [4.78, 5) is 16.7. The van der Waals surface area contributed by atoms with Gasteiger partial charge in [-0.3, -0.25) is 0 Å². The molecule has 0 bridgehead atoms. The number of cyclic esters (lactones) is 1. The minimum absolute atomic E-state index is 0.239. The average Bonchev–Trinajstić information content (AvgIpc) is 3.16. The lowest BCUT2D eigenvalue weighted by Crippen LogP contribution is -2.05. The zero-order chi connectivity index (χ0) is 20.9. The molecule has 4 rings (SSSR count). The average molecular weight is 399 g/mol. The van der Waals surface area contributed by atoms with Crippen LogP contribution >= 0.6 is 0 Å². The fraction of sp³-hybridized carbons (Fsp3) is 0.120. The molecule has 0 spiro atoms. The van der Waals surface area contributed by atoms with E-state index in [1.807, 2.05) is 73.7 Å². The molecular formula is C25H21NO4. The lowest BCUT2D eigenvalue weighted by Gasteiger charge is -2.09. The smallest absolute Gasteiger partial charge is 0.363 e. The topological polar surface area (TPSA) is 57.1 Å². The van der Waals surface area contributed by atoms with Crippen molar-refractivity contribution in [1.82, 2.24) is 0 Å². The number of benzene rings is 3. The Morgan fingerprint density at radius 2 is 1.60 bits per heavy atom.